The summed E-state index contributed by atoms with van der Waals surface area (Å²) in [5.41, 5.74) is 0. The molecule has 24 heavy (non-hydrogen) atoms. The summed E-state index contributed by atoms with van der Waals surface area (Å²) in [7, 11) is 0. The lowest BCUT2D eigenvalue weighted by Gasteiger charge is -2.17. The van der Waals surface area contributed by atoms with Crippen molar-refractivity contribution in [1.29, 1.82) is 0 Å². The number of ether oxygens (including phenoxy) is 2. The van der Waals surface area contributed by atoms with Crippen LogP contribution in [0.2, 0.25) is 0 Å². The third kappa shape index (κ3) is 5.61. The van der Waals surface area contributed by atoms with Gasteiger partial charge < -0.3 is 9.47 Å². The molecule has 0 unspecified atom stereocenters. The minimum atomic E-state index is 0.443. The first-order valence-corrected chi connectivity index (χ1v) is 12.2. The van der Waals surface area contributed by atoms with E-state index in [0.29, 0.717) is 25.0 Å². The van der Waals surface area contributed by atoms with Crippen LogP contribution in [0.15, 0.2) is 36.4 Å². The molecule has 6 heteroatoms. The Labute approximate surface area is 177 Å². The zero-order chi connectivity index (χ0) is 17.4. The molecule has 0 radical (unpaired) electrons. The molecular weight excluding hydrogens is 568 g/mol. The van der Waals surface area contributed by atoms with Crippen molar-refractivity contribution in [1.82, 2.24) is 0 Å². The van der Waals surface area contributed by atoms with Crippen LogP contribution < -0.4 is 9.47 Å². The van der Waals surface area contributed by atoms with Gasteiger partial charge in [-0.3, -0.25) is 0 Å². The van der Waals surface area contributed by atoms with Crippen LogP contribution in [0.4, 0.5) is 0 Å². The summed E-state index contributed by atoms with van der Waals surface area (Å²) in [5, 5.41) is 5.84. The molecule has 0 aliphatic heterocycles. The molecule has 0 atom stereocenters. The zero-order valence-corrected chi connectivity index (χ0v) is 19.5. The molecule has 0 saturated heterocycles. The van der Waals surface area contributed by atoms with Gasteiger partial charge in [-0.2, -0.15) is 0 Å². The molecule has 0 aromatic heterocycles. The van der Waals surface area contributed by atoms with E-state index in [0.717, 1.165) is 43.6 Å². The van der Waals surface area contributed by atoms with E-state index in [-0.39, 0.29) is 0 Å². The summed E-state index contributed by atoms with van der Waals surface area (Å²) in [4.78, 5) is 0. The number of rotatable bonds is 10. The maximum atomic E-state index is 6.06. The van der Waals surface area contributed by atoms with E-state index in [1.807, 2.05) is 24.3 Å². The fourth-order valence-corrected chi connectivity index (χ4v) is 5.06. The smallest absolute Gasteiger partial charge is 0.127 e. The Morgan fingerprint density at radius 2 is 1.00 bits per heavy atom. The standard InChI is InChI=1S/C18H20Br4O2/c19-7-13(8-20)11-23-17-5-6-18(24-12-14(9-21)10-22)16-4-2-1-3-15(16)17/h1-6,13-14H,7-12H2. The molecule has 132 valence electrons. The molecule has 0 aliphatic rings. The first-order valence-electron chi connectivity index (χ1n) is 7.74. The van der Waals surface area contributed by atoms with Gasteiger partial charge in [-0.25, -0.2) is 0 Å². The average Bonchev–Trinajstić information content (AvgIpc) is 2.64. The first-order chi connectivity index (χ1) is 11.7. The number of alkyl halides is 4. The summed E-state index contributed by atoms with van der Waals surface area (Å²) >= 11 is 14.1. The molecule has 0 bridgehead atoms. The Bertz CT molecular complexity index is 573. The molecule has 2 nitrogen and oxygen atoms in total. The number of fused-ring (bicyclic) bond motifs is 1. The molecule has 0 spiro atoms. The monoisotopic (exact) mass is 584 g/mol. The van der Waals surface area contributed by atoms with E-state index in [1.165, 1.54) is 0 Å². The van der Waals surface area contributed by atoms with Gasteiger partial charge in [0.1, 0.15) is 11.5 Å². The summed E-state index contributed by atoms with van der Waals surface area (Å²) in [6.45, 7) is 1.35. The van der Waals surface area contributed by atoms with Gasteiger partial charge >= 0.3 is 0 Å². The summed E-state index contributed by atoms with van der Waals surface area (Å²) < 4.78 is 12.1. The third-order valence-electron chi connectivity index (χ3n) is 3.67. The van der Waals surface area contributed by atoms with Crippen molar-refractivity contribution in [2.24, 2.45) is 11.8 Å². The first kappa shape index (κ1) is 20.5. The van der Waals surface area contributed by atoms with Crippen LogP contribution in [0, 0.1) is 11.8 Å². The number of hydrogen-bond acceptors (Lipinski definition) is 2. The number of halogens is 4. The maximum Gasteiger partial charge on any atom is 0.127 e. The van der Waals surface area contributed by atoms with Crippen molar-refractivity contribution in [3.05, 3.63) is 36.4 Å². The SMILES string of the molecule is BrCC(CBr)COc1ccc(OCC(CBr)CBr)c2ccccc12. The van der Waals surface area contributed by atoms with E-state index in [4.69, 9.17) is 9.47 Å². The second-order valence-electron chi connectivity index (χ2n) is 5.58. The highest BCUT2D eigenvalue weighted by molar-refractivity contribution is 9.10. The van der Waals surface area contributed by atoms with E-state index in [9.17, 15) is 0 Å². The fourth-order valence-electron chi connectivity index (χ4n) is 2.17. The highest BCUT2D eigenvalue weighted by atomic mass is 79.9. The van der Waals surface area contributed by atoms with Gasteiger partial charge in [0, 0.05) is 43.9 Å². The van der Waals surface area contributed by atoms with Crippen molar-refractivity contribution in [2.75, 3.05) is 34.5 Å². The highest BCUT2D eigenvalue weighted by Gasteiger charge is 2.12. The van der Waals surface area contributed by atoms with Gasteiger partial charge in [-0.15, -0.1) is 0 Å². The molecule has 0 N–H and O–H groups in total. The van der Waals surface area contributed by atoms with E-state index in [2.05, 4.69) is 75.9 Å². The number of hydrogen-bond donors (Lipinski definition) is 0. The lowest BCUT2D eigenvalue weighted by Crippen LogP contribution is -2.15. The van der Waals surface area contributed by atoms with Gasteiger partial charge in [-0.05, 0) is 12.1 Å². The Kier molecular flexibility index (Phi) is 9.45. The molecule has 2 rings (SSSR count). The minimum absolute atomic E-state index is 0.443. The molecule has 0 heterocycles. The summed E-state index contributed by atoms with van der Waals surface area (Å²) in [5.74, 6) is 2.70. The molecule has 2 aromatic carbocycles. The average molecular weight is 588 g/mol. The Morgan fingerprint density at radius 1 is 0.625 bits per heavy atom. The normalized spacial score (nSPS) is 11.4. The minimum Gasteiger partial charge on any atom is -0.493 e. The predicted molar refractivity (Wildman–Crippen MR) is 117 cm³/mol. The molecule has 0 saturated carbocycles. The summed E-state index contributed by atoms with van der Waals surface area (Å²) in [6, 6.07) is 12.3. The van der Waals surface area contributed by atoms with Crippen molar-refractivity contribution < 1.29 is 9.47 Å². The molecule has 2 aromatic rings. The van der Waals surface area contributed by atoms with Crippen LogP contribution >= 0.6 is 63.7 Å². The largest absolute Gasteiger partial charge is 0.493 e. The zero-order valence-electron chi connectivity index (χ0n) is 13.2. The molecular formula is C18H20Br4O2. The van der Waals surface area contributed by atoms with Gasteiger partial charge in [0.15, 0.2) is 0 Å². The van der Waals surface area contributed by atoms with Crippen LogP contribution in [0.1, 0.15) is 0 Å². The lowest BCUT2D eigenvalue weighted by molar-refractivity contribution is 0.274. The van der Waals surface area contributed by atoms with E-state index >= 15 is 0 Å². The van der Waals surface area contributed by atoms with Crippen molar-refractivity contribution in [3.63, 3.8) is 0 Å². The van der Waals surface area contributed by atoms with Crippen molar-refractivity contribution in [3.8, 4) is 11.5 Å². The van der Waals surface area contributed by atoms with Gasteiger partial charge in [0.25, 0.3) is 0 Å². The van der Waals surface area contributed by atoms with E-state index in [1.54, 1.807) is 0 Å². The Morgan fingerprint density at radius 3 is 1.33 bits per heavy atom. The predicted octanol–water partition coefficient (Wildman–Crippen LogP) is 6.41. The topological polar surface area (TPSA) is 18.5 Å². The van der Waals surface area contributed by atoms with Gasteiger partial charge in [0.05, 0.1) is 13.2 Å². The summed E-state index contributed by atoms with van der Waals surface area (Å²) in [6.07, 6.45) is 0. The quantitative estimate of drug-likeness (QED) is 0.299. The van der Waals surface area contributed by atoms with Crippen LogP contribution in [0.5, 0.6) is 11.5 Å². The third-order valence-corrected chi connectivity index (χ3v) is 7.33. The maximum absolute atomic E-state index is 6.06. The van der Waals surface area contributed by atoms with Crippen molar-refractivity contribution >= 4 is 74.5 Å². The second kappa shape index (κ2) is 11.0. The molecule has 0 fully saturated rings. The van der Waals surface area contributed by atoms with E-state index < -0.39 is 0 Å². The van der Waals surface area contributed by atoms with Crippen molar-refractivity contribution in [2.45, 2.75) is 0 Å². The van der Waals surface area contributed by atoms with Crippen LogP contribution in [0.3, 0.4) is 0 Å². The van der Waals surface area contributed by atoms with Gasteiger partial charge in [-0.1, -0.05) is 88.0 Å². The molecule has 0 aliphatic carbocycles. The lowest BCUT2D eigenvalue weighted by atomic mass is 10.1. The van der Waals surface area contributed by atoms with Crippen LogP contribution in [-0.4, -0.2) is 34.5 Å². The number of benzene rings is 2. The Balaban J connectivity index is 2.19. The second-order valence-corrected chi connectivity index (χ2v) is 8.17. The highest BCUT2D eigenvalue weighted by Crippen LogP contribution is 2.33. The van der Waals surface area contributed by atoms with Crippen LogP contribution in [-0.2, 0) is 0 Å². The molecule has 0 amide bonds. The Hall–Kier alpha value is 0.220. The van der Waals surface area contributed by atoms with Gasteiger partial charge in [0.2, 0.25) is 0 Å². The fraction of sp³-hybridized carbons (Fsp3) is 0.444. The van der Waals surface area contributed by atoms with Crippen LogP contribution in [0.25, 0.3) is 10.8 Å².